The van der Waals surface area contributed by atoms with Gasteiger partial charge in [0.05, 0.1) is 38.1 Å². The fraction of sp³-hybridized carbons (Fsp3) is 1.00. The van der Waals surface area contributed by atoms with Gasteiger partial charge in [-0.15, -0.1) is 0 Å². The Bertz CT molecular complexity index is 161. The Kier molecular flexibility index (Phi) is 10.9. The average Bonchev–Trinajstić information content (AvgIpc) is 2.27. The van der Waals surface area contributed by atoms with E-state index in [1.165, 1.54) is 0 Å². The molecule has 0 aromatic heterocycles. The summed E-state index contributed by atoms with van der Waals surface area (Å²) in [5, 5.41) is 9.05. The second-order valence-electron chi connectivity index (χ2n) is 4.57. The summed E-state index contributed by atoms with van der Waals surface area (Å²) >= 11 is 0. The van der Waals surface area contributed by atoms with E-state index in [-0.39, 0.29) is 12.2 Å². The summed E-state index contributed by atoms with van der Waals surface area (Å²) in [7, 11) is 0. The van der Waals surface area contributed by atoms with Crippen LogP contribution in [0.4, 0.5) is 0 Å². The van der Waals surface area contributed by atoms with Gasteiger partial charge >= 0.3 is 0 Å². The first-order valence-corrected chi connectivity index (χ1v) is 6.55. The molecule has 4 heteroatoms. The number of ether oxygens (including phenoxy) is 3. The molecular formula is C13H28O4. The van der Waals surface area contributed by atoms with Gasteiger partial charge in [-0.3, -0.25) is 0 Å². The first-order valence-electron chi connectivity index (χ1n) is 6.55. The lowest BCUT2D eigenvalue weighted by atomic mass is 10.3. The predicted octanol–water partition coefficient (Wildman–Crippen LogP) is 1.99. The highest BCUT2D eigenvalue weighted by Crippen LogP contribution is 1.99. The third kappa shape index (κ3) is 12.1. The van der Waals surface area contributed by atoms with Crippen LogP contribution < -0.4 is 0 Å². The second-order valence-corrected chi connectivity index (χ2v) is 4.57. The van der Waals surface area contributed by atoms with E-state index in [1.54, 1.807) is 6.92 Å². The van der Waals surface area contributed by atoms with Crippen LogP contribution in [0.1, 0.15) is 40.5 Å². The van der Waals surface area contributed by atoms with Gasteiger partial charge in [-0.1, -0.05) is 13.3 Å². The molecule has 0 saturated heterocycles. The van der Waals surface area contributed by atoms with E-state index in [2.05, 4.69) is 6.92 Å². The molecule has 4 nitrogen and oxygen atoms in total. The molecule has 0 bridgehead atoms. The first kappa shape index (κ1) is 16.8. The zero-order valence-electron chi connectivity index (χ0n) is 11.6. The van der Waals surface area contributed by atoms with Gasteiger partial charge < -0.3 is 19.3 Å². The van der Waals surface area contributed by atoms with Crippen molar-refractivity contribution in [1.82, 2.24) is 0 Å². The normalized spacial score (nSPS) is 16.8. The van der Waals surface area contributed by atoms with Gasteiger partial charge in [0.25, 0.3) is 0 Å². The first-order chi connectivity index (χ1) is 8.06. The molecule has 0 rings (SSSR count). The number of aliphatic hydroxyl groups excluding tert-OH is 1. The van der Waals surface area contributed by atoms with Crippen LogP contribution in [0.25, 0.3) is 0 Å². The standard InChI is InChI=1S/C13H28O4/c1-5-6-7-16-12(3)9-15-10-13(4)17-8-11(2)14/h11-14H,5-10H2,1-4H3/t11-,12-,13-/m1/s1. The minimum Gasteiger partial charge on any atom is -0.391 e. The van der Waals surface area contributed by atoms with E-state index in [4.69, 9.17) is 19.3 Å². The van der Waals surface area contributed by atoms with Crippen LogP contribution >= 0.6 is 0 Å². The van der Waals surface area contributed by atoms with Gasteiger partial charge in [-0.2, -0.15) is 0 Å². The van der Waals surface area contributed by atoms with Crippen LogP contribution in [0.5, 0.6) is 0 Å². The Hall–Kier alpha value is -0.160. The van der Waals surface area contributed by atoms with Crippen molar-refractivity contribution in [2.45, 2.75) is 58.8 Å². The maximum Gasteiger partial charge on any atom is 0.0781 e. The molecule has 0 spiro atoms. The molecule has 0 amide bonds. The molecule has 0 radical (unpaired) electrons. The second kappa shape index (κ2) is 11.0. The van der Waals surface area contributed by atoms with Crippen LogP contribution in [-0.2, 0) is 14.2 Å². The highest BCUT2D eigenvalue weighted by atomic mass is 16.6. The van der Waals surface area contributed by atoms with E-state index in [1.807, 2.05) is 13.8 Å². The Morgan fingerprint density at radius 1 is 0.941 bits per heavy atom. The van der Waals surface area contributed by atoms with Crippen molar-refractivity contribution < 1.29 is 19.3 Å². The quantitative estimate of drug-likeness (QED) is 0.568. The molecule has 0 saturated carbocycles. The van der Waals surface area contributed by atoms with Crippen LogP contribution in [0.2, 0.25) is 0 Å². The number of unbranched alkanes of at least 4 members (excludes halogenated alkanes) is 1. The average molecular weight is 248 g/mol. The highest BCUT2D eigenvalue weighted by Gasteiger charge is 2.07. The molecule has 0 aliphatic carbocycles. The molecule has 0 aromatic carbocycles. The van der Waals surface area contributed by atoms with E-state index >= 15 is 0 Å². The topological polar surface area (TPSA) is 47.9 Å². The third-order valence-electron chi connectivity index (χ3n) is 2.23. The fourth-order valence-electron chi connectivity index (χ4n) is 1.23. The van der Waals surface area contributed by atoms with Crippen molar-refractivity contribution in [1.29, 1.82) is 0 Å². The molecule has 0 aliphatic rings. The number of hydrogen-bond acceptors (Lipinski definition) is 4. The van der Waals surface area contributed by atoms with Crippen LogP contribution in [0.15, 0.2) is 0 Å². The van der Waals surface area contributed by atoms with Gasteiger partial charge in [-0.05, 0) is 27.2 Å². The van der Waals surface area contributed by atoms with E-state index in [0.29, 0.717) is 19.8 Å². The van der Waals surface area contributed by atoms with Gasteiger partial charge in [-0.25, -0.2) is 0 Å². The summed E-state index contributed by atoms with van der Waals surface area (Å²) in [5.74, 6) is 0. The number of aliphatic hydroxyl groups is 1. The Balaban J connectivity index is 3.35. The van der Waals surface area contributed by atoms with Crippen molar-refractivity contribution in [2.75, 3.05) is 26.4 Å². The van der Waals surface area contributed by atoms with Crippen LogP contribution in [0.3, 0.4) is 0 Å². The number of rotatable bonds is 11. The van der Waals surface area contributed by atoms with Crippen molar-refractivity contribution >= 4 is 0 Å². The lowest BCUT2D eigenvalue weighted by Crippen LogP contribution is -2.24. The molecule has 0 aromatic rings. The van der Waals surface area contributed by atoms with Gasteiger partial charge in [0.2, 0.25) is 0 Å². The molecule has 104 valence electrons. The van der Waals surface area contributed by atoms with E-state index in [9.17, 15) is 0 Å². The zero-order chi connectivity index (χ0) is 13.1. The monoisotopic (exact) mass is 248 g/mol. The maximum absolute atomic E-state index is 9.05. The minimum absolute atomic E-state index is 0.00689. The summed E-state index contributed by atoms with van der Waals surface area (Å²) in [4.78, 5) is 0. The van der Waals surface area contributed by atoms with E-state index < -0.39 is 6.10 Å². The largest absolute Gasteiger partial charge is 0.391 e. The Morgan fingerprint density at radius 3 is 2.06 bits per heavy atom. The molecule has 1 N–H and O–H groups in total. The maximum atomic E-state index is 9.05. The lowest BCUT2D eigenvalue weighted by Gasteiger charge is -2.17. The SMILES string of the molecule is CCCCO[C@H](C)COC[C@@H](C)OC[C@@H](C)O. The zero-order valence-corrected chi connectivity index (χ0v) is 11.6. The predicted molar refractivity (Wildman–Crippen MR) is 68.2 cm³/mol. The molecule has 0 unspecified atom stereocenters. The van der Waals surface area contributed by atoms with Crippen LogP contribution in [-0.4, -0.2) is 49.8 Å². The molecular weight excluding hydrogens is 220 g/mol. The summed E-state index contributed by atoms with van der Waals surface area (Å²) in [6.45, 7) is 10.1. The van der Waals surface area contributed by atoms with Gasteiger partial charge in [0.15, 0.2) is 0 Å². The lowest BCUT2D eigenvalue weighted by molar-refractivity contribution is -0.0607. The highest BCUT2D eigenvalue weighted by molar-refractivity contribution is 4.53. The van der Waals surface area contributed by atoms with Crippen molar-refractivity contribution in [3.8, 4) is 0 Å². The summed E-state index contributed by atoms with van der Waals surface area (Å²) in [6.07, 6.45) is 1.96. The molecule has 0 heterocycles. The smallest absolute Gasteiger partial charge is 0.0781 e. The summed E-state index contributed by atoms with van der Waals surface area (Å²) in [6, 6.07) is 0. The fourth-order valence-corrected chi connectivity index (χ4v) is 1.23. The summed E-state index contributed by atoms with van der Waals surface area (Å²) < 4.78 is 16.4. The van der Waals surface area contributed by atoms with Gasteiger partial charge in [0.1, 0.15) is 0 Å². The molecule has 0 fully saturated rings. The minimum atomic E-state index is -0.422. The molecule has 0 aliphatic heterocycles. The molecule has 17 heavy (non-hydrogen) atoms. The van der Waals surface area contributed by atoms with E-state index in [0.717, 1.165) is 19.4 Å². The van der Waals surface area contributed by atoms with Crippen molar-refractivity contribution in [3.05, 3.63) is 0 Å². The number of hydrogen-bond donors (Lipinski definition) is 1. The van der Waals surface area contributed by atoms with Crippen molar-refractivity contribution in [2.24, 2.45) is 0 Å². The van der Waals surface area contributed by atoms with Gasteiger partial charge in [0, 0.05) is 6.61 Å². The van der Waals surface area contributed by atoms with Crippen molar-refractivity contribution in [3.63, 3.8) is 0 Å². The Labute approximate surface area is 105 Å². The van der Waals surface area contributed by atoms with Crippen LogP contribution in [0, 0.1) is 0 Å². The Morgan fingerprint density at radius 2 is 1.53 bits per heavy atom. The third-order valence-corrected chi connectivity index (χ3v) is 2.23. The molecule has 3 atom stereocenters. The summed E-state index contributed by atoms with van der Waals surface area (Å²) in [5.41, 5.74) is 0.